The van der Waals surface area contributed by atoms with E-state index in [1.165, 1.54) is 6.42 Å². The van der Waals surface area contributed by atoms with Gasteiger partial charge in [-0.2, -0.15) is 5.10 Å². The van der Waals surface area contributed by atoms with Gasteiger partial charge in [-0.05, 0) is 40.8 Å². The van der Waals surface area contributed by atoms with E-state index in [0.717, 1.165) is 16.7 Å². The van der Waals surface area contributed by atoms with Crippen molar-refractivity contribution in [2.45, 2.75) is 20.3 Å². The lowest BCUT2D eigenvalue weighted by molar-refractivity contribution is 0.0615. The Morgan fingerprint density at radius 1 is 1.41 bits per heavy atom. The summed E-state index contributed by atoms with van der Waals surface area (Å²) in [6.45, 7) is 6.13. The number of carbonyl (C=O) groups is 1. The fourth-order valence-electron chi connectivity index (χ4n) is 2.58. The van der Waals surface area contributed by atoms with Crippen LogP contribution in [0.3, 0.4) is 0 Å². The summed E-state index contributed by atoms with van der Waals surface area (Å²) in [7, 11) is 1.85. The first-order valence-corrected chi connectivity index (χ1v) is 7.03. The molecule has 94 valence electrons. The summed E-state index contributed by atoms with van der Waals surface area (Å²) in [5, 5.41) is 4.25. The molecular weight excluding hydrogens is 329 g/mol. The highest BCUT2D eigenvalue weighted by Crippen LogP contribution is 2.23. The van der Waals surface area contributed by atoms with Gasteiger partial charge in [-0.1, -0.05) is 13.8 Å². The van der Waals surface area contributed by atoms with Crippen molar-refractivity contribution in [3.63, 3.8) is 0 Å². The van der Waals surface area contributed by atoms with Gasteiger partial charge in [0.2, 0.25) is 0 Å². The number of hydrogen-bond acceptors (Lipinski definition) is 2. The van der Waals surface area contributed by atoms with Crippen LogP contribution >= 0.6 is 22.6 Å². The molecule has 1 amide bonds. The van der Waals surface area contributed by atoms with Crippen molar-refractivity contribution >= 4 is 28.5 Å². The van der Waals surface area contributed by atoms with Gasteiger partial charge in [-0.25, -0.2) is 0 Å². The van der Waals surface area contributed by atoms with Crippen molar-refractivity contribution in [1.29, 1.82) is 0 Å². The van der Waals surface area contributed by atoms with Crippen LogP contribution in [-0.2, 0) is 7.05 Å². The van der Waals surface area contributed by atoms with E-state index in [4.69, 9.17) is 0 Å². The topological polar surface area (TPSA) is 38.1 Å². The number of halogens is 1. The van der Waals surface area contributed by atoms with E-state index in [1.54, 1.807) is 4.68 Å². The largest absolute Gasteiger partial charge is 0.337 e. The van der Waals surface area contributed by atoms with E-state index in [9.17, 15) is 4.79 Å². The zero-order chi connectivity index (χ0) is 12.6. The second-order valence-electron chi connectivity index (χ2n) is 5.16. The smallest absolute Gasteiger partial charge is 0.275 e. The third-order valence-electron chi connectivity index (χ3n) is 3.14. The lowest BCUT2D eigenvalue weighted by atomic mass is 9.92. The molecule has 1 aromatic rings. The van der Waals surface area contributed by atoms with Crippen LogP contribution < -0.4 is 0 Å². The number of aromatic nitrogens is 2. The Morgan fingerprint density at radius 3 is 2.47 bits per heavy atom. The summed E-state index contributed by atoms with van der Waals surface area (Å²) < 4.78 is 2.63. The van der Waals surface area contributed by atoms with Crippen LogP contribution in [0.15, 0.2) is 6.20 Å². The highest BCUT2D eigenvalue weighted by molar-refractivity contribution is 14.1. The molecule has 0 bridgehead atoms. The van der Waals surface area contributed by atoms with Crippen molar-refractivity contribution < 1.29 is 4.79 Å². The summed E-state index contributed by atoms with van der Waals surface area (Å²) in [5.41, 5.74) is 0.592. The molecule has 1 aliphatic rings. The summed E-state index contributed by atoms with van der Waals surface area (Å²) in [6.07, 6.45) is 3.09. The lowest BCUT2D eigenvalue weighted by Crippen LogP contribution is -2.43. The molecule has 1 fully saturated rings. The number of amides is 1. The summed E-state index contributed by atoms with van der Waals surface area (Å²) in [6, 6.07) is 0. The lowest BCUT2D eigenvalue weighted by Gasteiger charge is -2.34. The van der Waals surface area contributed by atoms with Gasteiger partial charge in [-0.3, -0.25) is 9.48 Å². The Hall–Kier alpha value is -0.590. The molecule has 2 atom stereocenters. The Labute approximate surface area is 116 Å². The number of carbonyl (C=O) groups excluding carboxylic acids is 1. The highest BCUT2D eigenvalue weighted by Gasteiger charge is 2.28. The number of piperidine rings is 1. The van der Waals surface area contributed by atoms with Crippen LogP contribution in [0, 0.1) is 15.4 Å². The van der Waals surface area contributed by atoms with Crippen LogP contribution in [0.25, 0.3) is 0 Å². The molecule has 0 spiro atoms. The Morgan fingerprint density at radius 2 is 2.00 bits per heavy atom. The Balaban J connectivity index is 2.17. The maximum Gasteiger partial charge on any atom is 0.275 e. The van der Waals surface area contributed by atoms with Gasteiger partial charge in [0.25, 0.3) is 5.91 Å². The second-order valence-corrected chi connectivity index (χ2v) is 6.32. The summed E-state index contributed by atoms with van der Waals surface area (Å²) >= 11 is 2.17. The number of hydrogen-bond donors (Lipinski definition) is 0. The number of nitrogens with zero attached hydrogens (tertiary/aromatic N) is 3. The van der Waals surface area contributed by atoms with Crippen LogP contribution in [0.4, 0.5) is 0 Å². The molecule has 17 heavy (non-hydrogen) atoms. The third kappa shape index (κ3) is 2.81. The molecule has 4 nitrogen and oxygen atoms in total. The number of rotatable bonds is 1. The molecule has 5 heteroatoms. The van der Waals surface area contributed by atoms with Crippen molar-refractivity contribution in [2.75, 3.05) is 13.1 Å². The maximum absolute atomic E-state index is 12.4. The van der Waals surface area contributed by atoms with Crippen molar-refractivity contribution in [3.05, 3.63) is 15.5 Å². The predicted molar refractivity (Wildman–Crippen MR) is 74.8 cm³/mol. The van der Waals surface area contributed by atoms with Gasteiger partial charge in [-0.15, -0.1) is 0 Å². The number of aryl methyl sites for hydroxylation is 1. The highest BCUT2D eigenvalue weighted by atomic mass is 127. The number of likely N-dealkylation sites (tertiary alicyclic amines) is 1. The average Bonchev–Trinajstić information content (AvgIpc) is 2.55. The SMILES string of the molecule is C[C@@H]1C[C@H](C)CN(C(=O)c2nn(C)cc2I)C1. The zero-order valence-electron chi connectivity index (χ0n) is 10.5. The molecule has 0 aliphatic carbocycles. The minimum atomic E-state index is 0.0772. The van der Waals surface area contributed by atoms with E-state index in [0.29, 0.717) is 17.5 Å². The van der Waals surface area contributed by atoms with Crippen LogP contribution in [-0.4, -0.2) is 33.7 Å². The zero-order valence-corrected chi connectivity index (χ0v) is 12.6. The first kappa shape index (κ1) is 12.9. The minimum Gasteiger partial charge on any atom is -0.337 e. The van der Waals surface area contributed by atoms with Crippen molar-refractivity contribution in [3.8, 4) is 0 Å². The normalized spacial score (nSPS) is 25.1. The van der Waals surface area contributed by atoms with E-state index < -0.39 is 0 Å². The molecule has 1 aliphatic heterocycles. The monoisotopic (exact) mass is 347 g/mol. The standard InChI is InChI=1S/C12H18IN3O/c1-8-4-9(2)6-16(5-8)12(17)11-10(13)7-15(3)14-11/h7-9H,4-6H2,1-3H3/t8-,9+. The van der Waals surface area contributed by atoms with Crippen LogP contribution in [0.5, 0.6) is 0 Å². The predicted octanol–water partition coefficient (Wildman–Crippen LogP) is 2.14. The van der Waals surface area contributed by atoms with E-state index in [-0.39, 0.29) is 5.91 Å². The first-order chi connectivity index (χ1) is 7.97. The molecule has 0 aromatic carbocycles. The average molecular weight is 347 g/mol. The fraction of sp³-hybridized carbons (Fsp3) is 0.667. The molecule has 1 saturated heterocycles. The van der Waals surface area contributed by atoms with Gasteiger partial charge in [0, 0.05) is 26.3 Å². The molecule has 2 rings (SSSR count). The molecule has 2 heterocycles. The minimum absolute atomic E-state index is 0.0772. The van der Waals surface area contributed by atoms with Gasteiger partial charge >= 0.3 is 0 Å². The maximum atomic E-state index is 12.4. The summed E-state index contributed by atoms with van der Waals surface area (Å²) in [5.74, 6) is 1.25. The molecule has 1 aromatic heterocycles. The summed E-state index contributed by atoms with van der Waals surface area (Å²) in [4.78, 5) is 14.3. The van der Waals surface area contributed by atoms with Gasteiger partial charge in [0.05, 0.1) is 3.57 Å². The fourth-order valence-corrected chi connectivity index (χ4v) is 3.32. The van der Waals surface area contributed by atoms with Crippen LogP contribution in [0.2, 0.25) is 0 Å². The Bertz CT molecular complexity index is 419. The van der Waals surface area contributed by atoms with Crippen LogP contribution in [0.1, 0.15) is 30.8 Å². The van der Waals surface area contributed by atoms with Gasteiger partial charge < -0.3 is 4.90 Å². The third-order valence-corrected chi connectivity index (χ3v) is 3.93. The molecule has 0 saturated carbocycles. The molecule has 0 radical (unpaired) electrons. The molecular formula is C12H18IN3O. The molecule has 0 unspecified atom stereocenters. The van der Waals surface area contributed by atoms with Gasteiger partial charge in [0.15, 0.2) is 5.69 Å². The second kappa shape index (κ2) is 4.96. The Kier molecular flexibility index (Phi) is 3.75. The van der Waals surface area contributed by atoms with E-state index in [1.807, 2.05) is 18.1 Å². The van der Waals surface area contributed by atoms with Crippen molar-refractivity contribution in [2.24, 2.45) is 18.9 Å². The van der Waals surface area contributed by atoms with E-state index in [2.05, 4.69) is 41.5 Å². The quantitative estimate of drug-likeness (QED) is 0.730. The van der Waals surface area contributed by atoms with Crippen molar-refractivity contribution in [1.82, 2.24) is 14.7 Å². The van der Waals surface area contributed by atoms with Gasteiger partial charge in [0.1, 0.15) is 0 Å². The van der Waals surface area contributed by atoms with E-state index >= 15 is 0 Å². The molecule has 0 N–H and O–H groups in total. The first-order valence-electron chi connectivity index (χ1n) is 5.95.